The molecular formula is C15H31N3O2. The summed E-state index contributed by atoms with van der Waals surface area (Å²) in [6.45, 7) is 10.3. The lowest BCUT2D eigenvalue weighted by Crippen LogP contribution is -2.50. The van der Waals surface area contributed by atoms with Gasteiger partial charge >= 0.3 is 0 Å². The number of nitrogens with one attached hydrogen (secondary N) is 2. The highest BCUT2D eigenvalue weighted by atomic mass is 16.2. The van der Waals surface area contributed by atoms with Gasteiger partial charge in [-0.1, -0.05) is 27.7 Å². The fourth-order valence-electron chi connectivity index (χ4n) is 1.59. The summed E-state index contributed by atoms with van der Waals surface area (Å²) in [5, 5.41) is 5.79. The average molecular weight is 285 g/mol. The zero-order chi connectivity index (χ0) is 15.7. The van der Waals surface area contributed by atoms with Crippen LogP contribution < -0.4 is 16.4 Å². The van der Waals surface area contributed by atoms with Crippen LogP contribution in [0.2, 0.25) is 0 Å². The van der Waals surface area contributed by atoms with Crippen molar-refractivity contribution in [3.8, 4) is 0 Å². The van der Waals surface area contributed by atoms with E-state index in [1.54, 1.807) is 0 Å². The smallest absolute Gasteiger partial charge is 0.242 e. The van der Waals surface area contributed by atoms with E-state index >= 15 is 0 Å². The van der Waals surface area contributed by atoms with E-state index in [-0.39, 0.29) is 23.8 Å². The zero-order valence-electron chi connectivity index (χ0n) is 13.5. The monoisotopic (exact) mass is 285 g/mol. The van der Waals surface area contributed by atoms with Crippen molar-refractivity contribution in [2.24, 2.45) is 17.6 Å². The molecule has 0 aliphatic carbocycles. The van der Waals surface area contributed by atoms with Gasteiger partial charge in [0.1, 0.15) is 6.04 Å². The summed E-state index contributed by atoms with van der Waals surface area (Å²) in [6, 6.07) is -0.367. The van der Waals surface area contributed by atoms with E-state index in [0.29, 0.717) is 18.9 Å². The molecule has 0 aliphatic heterocycles. The van der Waals surface area contributed by atoms with E-state index < -0.39 is 6.04 Å². The van der Waals surface area contributed by atoms with Gasteiger partial charge in [0, 0.05) is 12.0 Å². The summed E-state index contributed by atoms with van der Waals surface area (Å²) >= 11 is 0. The minimum atomic E-state index is -0.461. The van der Waals surface area contributed by atoms with Crippen LogP contribution in [-0.4, -0.2) is 30.4 Å². The Morgan fingerprint density at radius 3 is 2.00 bits per heavy atom. The maximum Gasteiger partial charge on any atom is 0.242 e. The molecule has 0 bridgehead atoms. The van der Waals surface area contributed by atoms with Crippen molar-refractivity contribution in [3.05, 3.63) is 0 Å². The van der Waals surface area contributed by atoms with E-state index in [9.17, 15) is 9.59 Å². The second-order valence-electron chi connectivity index (χ2n) is 6.04. The number of carbonyl (C=O) groups is 2. The molecular weight excluding hydrogens is 254 g/mol. The molecule has 0 aliphatic rings. The van der Waals surface area contributed by atoms with Gasteiger partial charge in [-0.2, -0.15) is 0 Å². The Morgan fingerprint density at radius 2 is 1.55 bits per heavy atom. The predicted octanol–water partition coefficient (Wildman–Crippen LogP) is 1.42. The summed E-state index contributed by atoms with van der Waals surface area (Å²) in [6.07, 6.45) is 2.33. The molecule has 0 aromatic rings. The maximum atomic E-state index is 12.3. The first-order chi connectivity index (χ1) is 9.29. The van der Waals surface area contributed by atoms with Crippen LogP contribution in [0.1, 0.15) is 53.9 Å². The Balaban J connectivity index is 4.56. The molecule has 118 valence electrons. The number of nitrogens with two attached hydrogens (primary N) is 1. The molecule has 0 fully saturated rings. The first kappa shape index (κ1) is 18.9. The van der Waals surface area contributed by atoms with Gasteiger partial charge in [0.05, 0.1) is 0 Å². The van der Waals surface area contributed by atoms with Crippen LogP contribution in [0.3, 0.4) is 0 Å². The van der Waals surface area contributed by atoms with Gasteiger partial charge in [-0.15, -0.1) is 0 Å². The Hall–Kier alpha value is -1.10. The van der Waals surface area contributed by atoms with Crippen molar-refractivity contribution in [1.29, 1.82) is 0 Å². The van der Waals surface area contributed by atoms with Crippen molar-refractivity contribution in [2.75, 3.05) is 6.54 Å². The lowest BCUT2D eigenvalue weighted by atomic mass is 10.0. The van der Waals surface area contributed by atoms with Crippen LogP contribution >= 0.6 is 0 Å². The molecule has 5 nitrogen and oxygen atoms in total. The van der Waals surface area contributed by atoms with Crippen molar-refractivity contribution in [3.63, 3.8) is 0 Å². The molecule has 0 aromatic heterocycles. The summed E-state index contributed by atoms with van der Waals surface area (Å²) in [5.41, 5.74) is 5.47. The number of hydrogen-bond acceptors (Lipinski definition) is 3. The fraction of sp³-hybridized carbons (Fsp3) is 0.867. The predicted molar refractivity (Wildman–Crippen MR) is 82.1 cm³/mol. The highest BCUT2D eigenvalue weighted by Gasteiger charge is 2.23. The molecule has 0 heterocycles. The standard InChI is InChI=1S/C15H31N3O2/c1-10(2)12(5)17-15(20)13(8-6-7-9-16)18-14(19)11(3)4/h10-13H,6-9,16H2,1-5H3,(H,17,20)(H,18,19). The fourth-order valence-corrected chi connectivity index (χ4v) is 1.59. The third-order valence-corrected chi connectivity index (χ3v) is 3.47. The van der Waals surface area contributed by atoms with E-state index in [1.807, 2.05) is 20.8 Å². The first-order valence-electron chi connectivity index (χ1n) is 7.60. The van der Waals surface area contributed by atoms with Crippen LogP contribution in [0, 0.1) is 11.8 Å². The highest BCUT2D eigenvalue weighted by Crippen LogP contribution is 2.06. The number of carbonyl (C=O) groups excluding carboxylic acids is 2. The van der Waals surface area contributed by atoms with Crippen molar-refractivity contribution in [2.45, 2.75) is 66.0 Å². The molecule has 4 N–H and O–H groups in total. The third kappa shape index (κ3) is 7.48. The van der Waals surface area contributed by atoms with Crippen LogP contribution in [0.4, 0.5) is 0 Å². The SMILES string of the molecule is CC(C)C(=O)NC(CCCCN)C(=O)NC(C)C(C)C. The van der Waals surface area contributed by atoms with Crippen molar-refractivity contribution >= 4 is 11.8 Å². The van der Waals surface area contributed by atoms with Crippen LogP contribution in [0.5, 0.6) is 0 Å². The number of rotatable bonds is 9. The minimum Gasteiger partial charge on any atom is -0.352 e. The van der Waals surface area contributed by atoms with Crippen LogP contribution in [0.25, 0.3) is 0 Å². The molecule has 0 aromatic carbocycles. The van der Waals surface area contributed by atoms with Gasteiger partial charge in [-0.3, -0.25) is 9.59 Å². The molecule has 0 saturated heterocycles. The molecule has 0 spiro atoms. The summed E-state index contributed by atoms with van der Waals surface area (Å²) in [7, 11) is 0. The largest absolute Gasteiger partial charge is 0.352 e. The molecule has 0 rings (SSSR count). The molecule has 5 heteroatoms. The lowest BCUT2D eigenvalue weighted by Gasteiger charge is -2.24. The Kier molecular flexibility index (Phi) is 9.21. The molecule has 2 amide bonds. The minimum absolute atomic E-state index is 0.0879. The second-order valence-corrected chi connectivity index (χ2v) is 6.04. The summed E-state index contributed by atoms with van der Waals surface area (Å²) in [5.74, 6) is 0.0547. The second kappa shape index (κ2) is 9.75. The van der Waals surface area contributed by atoms with Gasteiger partial charge in [0.15, 0.2) is 0 Å². The van der Waals surface area contributed by atoms with Gasteiger partial charge < -0.3 is 16.4 Å². The number of hydrogen-bond donors (Lipinski definition) is 3. The first-order valence-corrected chi connectivity index (χ1v) is 7.60. The van der Waals surface area contributed by atoms with Gasteiger partial charge in [0.2, 0.25) is 11.8 Å². The van der Waals surface area contributed by atoms with Crippen LogP contribution in [0.15, 0.2) is 0 Å². The Bertz CT molecular complexity index is 303. The molecule has 2 atom stereocenters. The number of unbranched alkanes of at least 4 members (excludes halogenated alkanes) is 1. The van der Waals surface area contributed by atoms with E-state index in [0.717, 1.165) is 12.8 Å². The van der Waals surface area contributed by atoms with Crippen molar-refractivity contribution < 1.29 is 9.59 Å². The zero-order valence-corrected chi connectivity index (χ0v) is 13.5. The topological polar surface area (TPSA) is 84.2 Å². The molecule has 2 unspecified atom stereocenters. The molecule has 0 saturated carbocycles. The maximum absolute atomic E-state index is 12.3. The Labute approximate surface area is 123 Å². The molecule has 20 heavy (non-hydrogen) atoms. The highest BCUT2D eigenvalue weighted by molar-refractivity contribution is 5.88. The van der Waals surface area contributed by atoms with Crippen molar-refractivity contribution in [1.82, 2.24) is 10.6 Å². The quantitative estimate of drug-likeness (QED) is 0.560. The van der Waals surface area contributed by atoms with E-state index in [4.69, 9.17) is 5.73 Å². The van der Waals surface area contributed by atoms with E-state index in [1.165, 1.54) is 0 Å². The lowest BCUT2D eigenvalue weighted by molar-refractivity contribution is -0.131. The normalized spacial score (nSPS) is 14.2. The Morgan fingerprint density at radius 1 is 0.950 bits per heavy atom. The average Bonchev–Trinajstić information content (AvgIpc) is 2.36. The van der Waals surface area contributed by atoms with E-state index in [2.05, 4.69) is 24.5 Å². The summed E-state index contributed by atoms with van der Waals surface area (Å²) in [4.78, 5) is 24.0. The van der Waals surface area contributed by atoms with Gasteiger partial charge in [0.25, 0.3) is 0 Å². The van der Waals surface area contributed by atoms with Gasteiger partial charge in [-0.05, 0) is 38.6 Å². The third-order valence-electron chi connectivity index (χ3n) is 3.47. The van der Waals surface area contributed by atoms with Gasteiger partial charge in [-0.25, -0.2) is 0 Å². The number of amides is 2. The van der Waals surface area contributed by atoms with Crippen LogP contribution in [-0.2, 0) is 9.59 Å². The summed E-state index contributed by atoms with van der Waals surface area (Å²) < 4.78 is 0. The molecule has 0 radical (unpaired) electrons.